The van der Waals surface area contributed by atoms with Gasteiger partial charge in [-0.3, -0.25) is 14.6 Å². The highest BCUT2D eigenvalue weighted by molar-refractivity contribution is 5.67. The maximum Gasteiger partial charge on any atom is 0.266 e. The summed E-state index contributed by atoms with van der Waals surface area (Å²) in [4.78, 5) is 21.5. The summed E-state index contributed by atoms with van der Waals surface area (Å²) in [5.41, 5.74) is 0.186. The Bertz CT molecular complexity index is 376. The number of nitrogens with zero attached hydrogens (tertiary/aromatic N) is 1. The van der Waals surface area contributed by atoms with Crippen molar-refractivity contribution in [2.75, 3.05) is 0 Å². The molecule has 0 saturated carbocycles. The summed E-state index contributed by atoms with van der Waals surface area (Å²) in [6.07, 6.45) is -0.250. The van der Waals surface area contributed by atoms with E-state index in [-0.39, 0.29) is 12.0 Å². The molecule has 0 unspecified atom stereocenters. The van der Waals surface area contributed by atoms with Crippen LogP contribution < -0.4 is 10.7 Å². The van der Waals surface area contributed by atoms with Crippen molar-refractivity contribution in [2.24, 2.45) is 5.92 Å². The lowest BCUT2D eigenvalue weighted by Crippen LogP contribution is -2.24. The largest absolute Gasteiger partial charge is 0.550 e. The van der Waals surface area contributed by atoms with Gasteiger partial charge in [-0.1, -0.05) is 13.8 Å². The van der Waals surface area contributed by atoms with Crippen molar-refractivity contribution in [3.63, 3.8) is 0 Å². The zero-order valence-corrected chi connectivity index (χ0v) is 8.24. The number of aromatic amines is 1. The molecule has 78 valence electrons. The van der Waals surface area contributed by atoms with Gasteiger partial charge in [-0.05, 0) is 5.92 Å². The fraction of sp³-hybridized carbons (Fsp3) is 0.556. The smallest absolute Gasteiger partial charge is 0.266 e. The molecule has 0 amide bonds. The van der Waals surface area contributed by atoms with Gasteiger partial charge in [-0.25, -0.2) is 0 Å². The van der Waals surface area contributed by atoms with E-state index in [1.165, 1.54) is 10.7 Å². The van der Waals surface area contributed by atoms with Gasteiger partial charge >= 0.3 is 0 Å². The molecule has 0 aliphatic heterocycles. The third-order valence-electron chi connectivity index (χ3n) is 1.72. The number of aromatic nitrogens is 2. The van der Waals surface area contributed by atoms with Gasteiger partial charge in [0.15, 0.2) is 0 Å². The molecule has 1 rings (SSSR count). The van der Waals surface area contributed by atoms with Gasteiger partial charge in [0.2, 0.25) is 0 Å². The van der Waals surface area contributed by atoms with Crippen LogP contribution in [0.5, 0.6) is 0 Å². The van der Waals surface area contributed by atoms with Crippen LogP contribution in [0.2, 0.25) is 0 Å². The molecule has 0 spiro atoms. The van der Waals surface area contributed by atoms with E-state index < -0.39 is 5.97 Å². The van der Waals surface area contributed by atoms with Crippen molar-refractivity contribution in [1.29, 1.82) is 0 Å². The van der Waals surface area contributed by atoms with Gasteiger partial charge in [0.05, 0.1) is 0 Å². The predicted octanol–water partition coefficient (Wildman–Crippen LogP) is -0.875. The molecule has 0 fully saturated rings. The molecule has 5 heteroatoms. The number of H-pyrrole nitrogens is 1. The maximum atomic E-state index is 11.3. The van der Waals surface area contributed by atoms with Crippen LogP contribution in [-0.4, -0.2) is 15.7 Å². The molecule has 0 bridgehead atoms. The number of carbonyl (C=O) groups is 1. The Morgan fingerprint density at radius 3 is 2.79 bits per heavy atom. The summed E-state index contributed by atoms with van der Waals surface area (Å²) in [6.45, 7) is 4.52. The number of hydrogen-bond acceptors (Lipinski definition) is 3. The lowest BCUT2D eigenvalue weighted by atomic mass is 10.2. The van der Waals surface area contributed by atoms with E-state index in [1.54, 1.807) is 0 Å². The summed E-state index contributed by atoms with van der Waals surface area (Å²) in [7, 11) is 0. The van der Waals surface area contributed by atoms with Crippen molar-refractivity contribution in [3.8, 4) is 0 Å². The Morgan fingerprint density at radius 2 is 2.29 bits per heavy atom. The van der Waals surface area contributed by atoms with Gasteiger partial charge in [0, 0.05) is 30.7 Å². The van der Waals surface area contributed by atoms with E-state index in [0.717, 1.165) is 0 Å². The minimum absolute atomic E-state index is 0.199. The number of carboxylic acid groups (broad SMARTS) is 1. The van der Waals surface area contributed by atoms with Gasteiger partial charge in [0.1, 0.15) is 0 Å². The molecule has 0 radical (unpaired) electrons. The Hall–Kier alpha value is -1.52. The van der Waals surface area contributed by atoms with Crippen LogP contribution >= 0.6 is 0 Å². The Balaban J connectivity index is 2.82. The normalized spacial score (nSPS) is 10.8. The Labute approximate surface area is 81.3 Å². The standard InChI is InChI=1S/C9H14N2O3/c1-6(2)5-11-8(12)3-7(10-11)4-9(13)14/h3,6,10H,4-5H2,1-2H3,(H,13,14)/p-1. The second-order valence-electron chi connectivity index (χ2n) is 3.67. The van der Waals surface area contributed by atoms with Crippen LogP contribution in [0.15, 0.2) is 10.9 Å². The summed E-state index contributed by atoms with van der Waals surface area (Å²) >= 11 is 0. The summed E-state index contributed by atoms with van der Waals surface area (Å²) in [6, 6.07) is 1.29. The minimum Gasteiger partial charge on any atom is -0.550 e. The predicted molar refractivity (Wildman–Crippen MR) is 48.6 cm³/mol. The quantitative estimate of drug-likeness (QED) is 0.681. The molecule has 0 aliphatic carbocycles. The van der Waals surface area contributed by atoms with E-state index in [1.807, 2.05) is 13.8 Å². The van der Waals surface area contributed by atoms with Crippen LogP contribution in [0.3, 0.4) is 0 Å². The number of hydrogen-bond donors (Lipinski definition) is 1. The van der Waals surface area contributed by atoms with Crippen LogP contribution in [0.1, 0.15) is 19.5 Å². The van der Waals surface area contributed by atoms with Gasteiger partial charge in [0.25, 0.3) is 5.56 Å². The summed E-state index contributed by atoms with van der Waals surface area (Å²) in [5, 5.41) is 13.0. The first-order chi connectivity index (χ1) is 6.49. The van der Waals surface area contributed by atoms with E-state index in [0.29, 0.717) is 18.2 Å². The van der Waals surface area contributed by atoms with E-state index in [2.05, 4.69) is 5.10 Å². The highest BCUT2D eigenvalue weighted by atomic mass is 16.4. The zero-order valence-electron chi connectivity index (χ0n) is 8.24. The van der Waals surface area contributed by atoms with Crippen LogP contribution in [0.25, 0.3) is 0 Å². The average molecular weight is 197 g/mol. The second-order valence-corrected chi connectivity index (χ2v) is 3.67. The molecular weight excluding hydrogens is 184 g/mol. The number of carbonyl (C=O) groups excluding carboxylic acids is 1. The monoisotopic (exact) mass is 197 g/mol. The molecule has 0 saturated heterocycles. The second kappa shape index (κ2) is 4.13. The molecule has 14 heavy (non-hydrogen) atoms. The zero-order chi connectivity index (χ0) is 10.7. The number of nitrogens with one attached hydrogen (secondary N) is 1. The minimum atomic E-state index is -1.19. The van der Waals surface area contributed by atoms with Crippen molar-refractivity contribution >= 4 is 5.97 Å². The number of rotatable bonds is 4. The van der Waals surface area contributed by atoms with Crippen molar-refractivity contribution in [1.82, 2.24) is 9.78 Å². The van der Waals surface area contributed by atoms with Gasteiger partial charge in [-0.15, -0.1) is 0 Å². The lowest BCUT2D eigenvalue weighted by Gasteiger charge is -2.04. The Morgan fingerprint density at radius 1 is 1.64 bits per heavy atom. The molecule has 1 heterocycles. The Kier molecular flexibility index (Phi) is 3.11. The van der Waals surface area contributed by atoms with Crippen molar-refractivity contribution in [3.05, 3.63) is 22.1 Å². The molecule has 0 atom stereocenters. The third-order valence-corrected chi connectivity index (χ3v) is 1.72. The molecule has 1 aromatic heterocycles. The lowest BCUT2D eigenvalue weighted by molar-refractivity contribution is -0.304. The fourth-order valence-electron chi connectivity index (χ4n) is 1.23. The molecule has 5 nitrogen and oxygen atoms in total. The molecule has 1 aromatic rings. The highest BCUT2D eigenvalue weighted by Crippen LogP contribution is 1.97. The first-order valence-electron chi connectivity index (χ1n) is 4.47. The highest BCUT2D eigenvalue weighted by Gasteiger charge is 2.04. The fourth-order valence-corrected chi connectivity index (χ4v) is 1.23. The SMILES string of the molecule is CC(C)Cn1[nH]c(CC(=O)[O-])cc1=O. The number of aliphatic carboxylic acids is 1. The van der Waals surface area contributed by atoms with Crippen LogP contribution in [0.4, 0.5) is 0 Å². The van der Waals surface area contributed by atoms with Gasteiger partial charge < -0.3 is 9.90 Å². The molecule has 0 aromatic carbocycles. The average Bonchev–Trinajstić information content (AvgIpc) is 2.28. The van der Waals surface area contributed by atoms with Crippen LogP contribution in [-0.2, 0) is 17.8 Å². The summed E-state index contributed by atoms with van der Waals surface area (Å²) < 4.78 is 1.41. The van der Waals surface area contributed by atoms with Crippen molar-refractivity contribution < 1.29 is 9.90 Å². The third kappa shape index (κ3) is 2.76. The number of carboxylic acids is 1. The molecule has 1 N–H and O–H groups in total. The summed E-state index contributed by atoms with van der Waals surface area (Å²) in [5.74, 6) is -0.856. The van der Waals surface area contributed by atoms with Gasteiger partial charge in [-0.2, -0.15) is 0 Å². The molecular formula is C9H13N2O3-. The maximum absolute atomic E-state index is 11.3. The van der Waals surface area contributed by atoms with E-state index in [9.17, 15) is 14.7 Å². The van der Waals surface area contributed by atoms with E-state index >= 15 is 0 Å². The van der Waals surface area contributed by atoms with Crippen LogP contribution in [0, 0.1) is 5.92 Å². The molecule has 0 aliphatic rings. The first kappa shape index (κ1) is 10.6. The first-order valence-corrected chi connectivity index (χ1v) is 4.47. The van der Waals surface area contributed by atoms with E-state index in [4.69, 9.17) is 0 Å². The topological polar surface area (TPSA) is 77.9 Å². The van der Waals surface area contributed by atoms with Crippen molar-refractivity contribution in [2.45, 2.75) is 26.8 Å².